The fourth-order valence-electron chi connectivity index (χ4n) is 1.70. The molecule has 0 saturated carbocycles. The molecule has 0 aliphatic heterocycles. The molecule has 2 rings (SSSR count). The number of benzene rings is 1. The van der Waals surface area contributed by atoms with E-state index in [9.17, 15) is 4.79 Å². The van der Waals surface area contributed by atoms with Gasteiger partial charge in [-0.25, -0.2) is 15.6 Å². The first-order valence-corrected chi connectivity index (χ1v) is 5.76. The number of hydrogen-bond donors (Lipinski definition) is 2. The molecular weight excluding hydrogens is 246 g/mol. The Kier molecular flexibility index (Phi) is 3.82. The van der Waals surface area contributed by atoms with E-state index in [1.807, 2.05) is 18.2 Å². The number of nitrogens with one attached hydrogen (secondary N) is 1. The normalized spacial score (nSPS) is 11.9. The van der Waals surface area contributed by atoms with E-state index in [1.54, 1.807) is 19.1 Å². The lowest BCUT2D eigenvalue weighted by atomic mass is 10.2. The molecule has 3 N–H and O–H groups in total. The van der Waals surface area contributed by atoms with Gasteiger partial charge in [0.25, 0.3) is 0 Å². The molecule has 100 valence electrons. The standard InChI is InChI=1S/C13H15N3O3/c1-8(13(17)18-2)19-10-5-3-4-9-6-7-11(16-14)15-12(9)10/h3-8H,14H2,1-2H3,(H,15,16). The average Bonchev–Trinajstić information content (AvgIpc) is 2.46. The summed E-state index contributed by atoms with van der Waals surface area (Å²) in [7, 11) is 1.32. The summed E-state index contributed by atoms with van der Waals surface area (Å²) in [5.74, 6) is 5.92. The Labute approximate surface area is 110 Å². The number of hydrogen-bond acceptors (Lipinski definition) is 6. The topological polar surface area (TPSA) is 86.5 Å². The van der Waals surface area contributed by atoms with E-state index in [2.05, 4.69) is 15.1 Å². The summed E-state index contributed by atoms with van der Waals surface area (Å²) >= 11 is 0. The highest BCUT2D eigenvalue weighted by molar-refractivity contribution is 5.86. The van der Waals surface area contributed by atoms with Crippen LogP contribution in [0.25, 0.3) is 10.9 Å². The lowest BCUT2D eigenvalue weighted by Crippen LogP contribution is -2.25. The summed E-state index contributed by atoms with van der Waals surface area (Å²) in [4.78, 5) is 15.7. The van der Waals surface area contributed by atoms with Gasteiger partial charge in [-0.15, -0.1) is 0 Å². The second kappa shape index (κ2) is 5.53. The quantitative estimate of drug-likeness (QED) is 0.492. The third-order valence-corrected chi connectivity index (χ3v) is 2.67. The van der Waals surface area contributed by atoms with E-state index in [1.165, 1.54) is 7.11 Å². The van der Waals surface area contributed by atoms with Crippen LogP contribution in [0.4, 0.5) is 5.82 Å². The minimum atomic E-state index is -0.702. The highest BCUT2D eigenvalue weighted by Crippen LogP contribution is 2.26. The summed E-state index contributed by atoms with van der Waals surface area (Å²) in [6.45, 7) is 1.62. The zero-order chi connectivity index (χ0) is 13.8. The summed E-state index contributed by atoms with van der Waals surface area (Å²) in [5.41, 5.74) is 3.11. The van der Waals surface area contributed by atoms with E-state index >= 15 is 0 Å². The average molecular weight is 261 g/mol. The lowest BCUT2D eigenvalue weighted by Gasteiger charge is -2.14. The van der Waals surface area contributed by atoms with Crippen LogP contribution in [-0.4, -0.2) is 24.2 Å². The zero-order valence-corrected chi connectivity index (χ0v) is 10.7. The van der Waals surface area contributed by atoms with Crippen molar-refractivity contribution in [2.45, 2.75) is 13.0 Å². The number of para-hydroxylation sites is 1. The van der Waals surface area contributed by atoms with Crippen LogP contribution in [0.2, 0.25) is 0 Å². The van der Waals surface area contributed by atoms with E-state index in [4.69, 9.17) is 10.6 Å². The molecule has 0 bridgehead atoms. The largest absolute Gasteiger partial charge is 0.477 e. The summed E-state index contributed by atoms with van der Waals surface area (Å²) < 4.78 is 10.2. The Morgan fingerprint density at radius 1 is 1.37 bits per heavy atom. The molecule has 6 nitrogen and oxygen atoms in total. The molecule has 0 saturated heterocycles. The summed E-state index contributed by atoms with van der Waals surface area (Å²) in [5, 5.41) is 0.897. The number of fused-ring (bicyclic) bond motifs is 1. The minimum Gasteiger partial charge on any atom is -0.477 e. The maximum absolute atomic E-state index is 11.4. The van der Waals surface area contributed by atoms with Crippen LogP contribution in [0.1, 0.15) is 6.92 Å². The van der Waals surface area contributed by atoms with Crippen LogP contribution in [0.3, 0.4) is 0 Å². The molecule has 1 unspecified atom stereocenters. The highest BCUT2D eigenvalue weighted by Gasteiger charge is 2.16. The first-order valence-electron chi connectivity index (χ1n) is 5.76. The van der Waals surface area contributed by atoms with Crippen molar-refractivity contribution in [2.24, 2.45) is 5.84 Å². The van der Waals surface area contributed by atoms with E-state index in [0.29, 0.717) is 17.1 Å². The summed E-state index contributed by atoms with van der Waals surface area (Å²) in [6, 6.07) is 9.11. The Hall–Kier alpha value is -2.34. The molecule has 1 aromatic heterocycles. The number of carbonyl (C=O) groups is 1. The highest BCUT2D eigenvalue weighted by atomic mass is 16.6. The van der Waals surface area contributed by atoms with Crippen molar-refractivity contribution >= 4 is 22.7 Å². The third kappa shape index (κ3) is 2.74. The fourth-order valence-corrected chi connectivity index (χ4v) is 1.70. The van der Waals surface area contributed by atoms with Gasteiger partial charge in [0, 0.05) is 5.39 Å². The van der Waals surface area contributed by atoms with Crippen molar-refractivity contribution < 1.29 is 14.3 Å². The maximum Gasteiger partial charge on any atom is 0.346 e. The Morgan fingerprint density at radius 3 is 2.84 bits per heavy atom. The van der Waals surface area contributed by atoms with Crippen molar-refractivity contribution in [3.8, 4) is 5.75 Å². The number of pyridine rings is 1. The number of hydrazine groups is 1. The monoisotopic (exact) mass is 261 g/mol. The van der Waals surface area contributed by atoms with Crippen LogP contribution in [-0.2, 0) is 9.53 Å². The van der Waals surface area contributed by atoms with Gasteiger partial charge in [-0.2, -0.15) is 0 Å². The number of anilines is 1. The number of ether oxygens (including phenoxy) is 2. The number of nitrogen functional groups attached to an aromatic ring is 1. The predicted molar refractivity (Wildman–Crippen MR) is 71.7 cm³/mol. The van der Waals surface area contributed by atoms with E-state index in [0.717, 1.165) is 5.39 Å². The second-order valence-corrected chi connectivity index (χ2v) is 3.95. The number of aromatic nitrogens is 1. The summed E-state index contributed by atoms with van der Waals surface area (Å²) in [6.07, 6.45) is -0.702. The van der Waals surface area contributed by atoms with Crippen molar-refractivity contribution in [1.29, 1.82) is 0 Å². The van der Waals surface area contributed by atoms with Crippen LogP contribution in [0.15, 0.2) is 30.3 Å². The molecule has 1 aromatic carbocycles. The molecule has 0 aliphatic carbocycles. The van der Waals surface area contributed by atoms with Crippen molar-refractivity contribution in [2.75, 3.05) is 12.5 Å². The van der Waals surface area contributed by atoms with Gasteiger partial charge in [0.2, 0.25) is 0 Å². The molecule has 2 aromatic rings. The van der Waals surface area contributed by atoms with Crippen LogP contribution < -0.4 is 16.0 Å². The smallest absolute Gasteiger partial charge is 0.346 e. The lowest BCUT2D eigenvalue weighted by molar-refractivity contribution is -0.147. The van der Waals surface area contributed by atoms with E-state index < -0.39 is 12.1 Å². The molecule has 0 radical (unpaired) electrons. The van der Waals surface area contributed by atoms with Crippen LogP contribution in [0, 0.1) is 0 Å². The van der Waals surface area contributed by atoms with Crippen LogP contribution in [0.5, 0.6) is 5.75 Å². The van der Waals surface area contributed by atoms with Gasteiger partial charge in [0.1, 0.15) is 17.1 Å². The Bertz CT molecular complexity index is 601. The van der Waals surface area contributed by atoms with Gasteiger partial charge in [-0.05, 0) is 25.1 Å². The van der Waals surface area contributed by atoms with Gasteiger partial charge < -0.3 is 14.9 Å². The molecule has 6 heteroatoms. The molecule has 1 atom stereocenters. The Balaban J connectivity index is 2.39. The van der Waals surface area contributed by atoms with Gasteiger partial charge >= 0.3 is 5.97 Å². The molecule has 1 heterocycles. The predicted octanol–water partition coefficient (Wildman–Crippen LogP) is 1.46. The SMILES string of the molecule is COC(=O)C(C)Oc1cccc2ccc(NN)nc12. The second-order valence-electron chi connectivity index (χ2n) is 3.95. The van der Waals surface area contributed by atoms with Crippen molar-refractivity contribution in [3.05, 3.63) is 30.3 Å². The number of nitrogens with zero attached hydrogens (tertiary/aromatic N) is 1. The Morgan fingerprint density at radius 2 is 2.16 bits per heavy atom. The van der Waals surface area contributed by atoms with E-state index in [-0.39, 0.29) is 0 Å². The molecular formula is C13H15N3O3. The number of methoxy groups -OCH3 is 1. The van der Waals surface area contributed by atoms with Crippen LogP contribution >= 0.6 is 0 Å². The number of rotatable bonds is 4. The molecule has 19 heavy (non-hydrogen) atoms. The van der Waals surface area contributed by atoms with Gasteiger partial charge in [-0.3, -0.25) is 0 Å². The first kappa shape index (κ1) is 13.1. The minimum absolute atomic E-state index is 0.440. The maximum atomic E-state index is 11.4. The van der Waals surface area contributed by atoms with Gasteiger partial charge in [0.15, 0.2) is 6.10 Å². The fraction of sp³-hybridized carbons (Fsp3) is 0.231. The molecule has 0 fully saturated rings. The third-order valence-electron chi connectivity index (χ3n) is 2.67. The van der Waals surface area contributed by atoms with Gasteiger partial charge in [0.05, 0.1) is 7.11 Å². The molecule has 0 aliphatic rings. The number of esters is 1. The van der Waals surface area contributed by atoms with Crippen molar-refractivity contribution in [1.82, 2.24) is 4.98 Å². The number of carbonyl (C=O) groups excluding carboxylic acids is 1. The number of nitrogens with two attached hydrogens (primary N) is 1. The van der Waals surface area contributed by atoms with Crippen molar-refractivity contribution in [3.63, 3.8) is 0 Å². The first-order chi connectivity index (χ1) is 9.15. The molecule has 0 amide bonds. The zero-order valence-electron chi connectivity index (χ0n) is 10.7. The van der Waals surface area contributed by atoms with Gasteiger partial charge in [-0.1, -0.05) is 12.1 Å². The molecule has 0 spiro atoms.